The molecule has 2 aromatic carbocycles. The van der Waals surface area contributed by atoms with Gasteiger partial charge in [-0.05, 0) is 48.2 Å². The van der Waals surface area contributed by atoms with Gasteiger partial charge in [0.25, 0.3) is 11.8 Å². The van der Waals surface area contributed by atoms with E-state index in [9.17, 15) is 14.4 Å². The second kappa shape index (κ2) is 6.07. The summed E-state index contributed by atoms with van der Waals surface area (Å²) < 4.78 is 0. The summed E-state index contributed by atoms with van der Waals surface area (Å²) in [4.78, 5) is 37.7. The zero-order valence-corrected chi connectivity index (χ0v) is 14.4. The molecule has 2 aliphatic heterocycles. The predicted octanol–water partition coefficient (Wildman–Crippen LogP) is 1.66. The SMILES string of the molecule is Cc1c(C[C@H](N)CN2C(=O)c3ccccc3C2=O)ccc2c1CC(=O)N2. The van der Waals surface area contributed by atoms with Gasteiger partial charge in [-0.25, -0.2) is 0 Å². The Bertz CT molecular complexity index is 916. The van der Waals surface area contributed by atoms with Crippen LogP contribution in [0.1, 0.15) is 37.4 Å². The second-order valence-corrected chi connectivity index (χ2v) is 6.83. The quantitative estimate of drug-likeness (QED) is 0.821. The lowest BCUT2D eigenvalue weighted by atomic mass is 9.95. The van der Waals surface area contributed by atoms with Gasteiger partial charge >= 0.3 is 0 Å². The first-order valence-electron chi connectivity index (χ1n) is 8.57. The van der Waals surface area contributed by atoms with E-state index in [4.69, 9.17) is 5.73 Å². The zero-order valence-electron chi connectivity index (χ0n) is 14.4. The third kappa shape index (κ3) is 2.59. The van der Waals surface area contributed by atoms with Gasteiger partial charge in [-0.15, -0.1) is 0 Å². The number of fused-ring (bicyclic) bond motifs is 2. The highest BCUT2D eigenvalue weighted by atomic mass is 16.2. The summed E-state index contributed by atoms with van der Waals surface area (Å²) in [5, 5.41) is 2.83. The maximum atomic E-state index is 12.5. The number of nitrogens with one attached hydrogen (secondary N) is 1. The van der Waals surface area contributed by atoms with Gasteiger partial charge in [0.05, 0.1) is 17.5 Å². The highest BCUT2D eigenvalue weighted by Gasteiger charge is 2.35. The minimum Gasteiger partial charge on any atom is -0.326 e. The highest BCUT2D eigenvalue weighted by molar-refractivity contribution is 6.21. The molecule has 0 radical (unpaired) electrons. The molecule has 0 saturated heterocycles. The monoisotopic (exact) mass is 349 g/mol. The number of carbonyl (C=O) groups is 3. The number of benzene rings is 2. The molecule has 0 bridgehead atoms. The van der Waals surface area contributed by atoms with Gasteiger partial charge in [0.1, 0.15) is 0 Å². The minimum absolute atomic E-state index is 0.00410. The van der Waals surface area contributed by atoms with Crippen molar-refractivity contribution in [1.29, 1.82) is 0 Å². The smallest absolute Gasteiger partial charge is 0.261 e. The van der Waals surface area contributed by atoms with Gasteiger partial charge in [-0.3, -0.25) is 19.3 Å². The van der Waals surface area contributed by atoms with E-state index in [2.05, 4.69) is 5.32 Å². The molecule has 2 heterocycles. The van der Waals surface area contributed by atoms with Crippen LogP contribution >= 0.6 is 0 Å². The van der Waals surface area contributed by atoms with Crippen molar-refractivity contribution in [3.8, 4) is 0 Å². The molecule has 0 spiro atoms. The largest absolute Gasteiger partial charge is 0.326 e. The van der Waals surface area contributed by atoms with Crippen molar-refractivity contribution < 1.29 is 14.4 Å². The van der Waals surface area contributed by atoms with Crippen LogP contribution in [-0.2, 0) is 17.6 Å². The molecule has 0 fully saturated rings. The molecule has 3 N–H and O–H groups in total. The summed E-state index contributed by atoms with van der Waals surface area (Å²) >= 11 is 0. The Kier molecular flexibility index (Phi) is 3.85. The fourth-order valence-corrected chi connectivity index (χ4v) is 3.71. The number of amides is 3. The number of anilines is 1. The normalized spacial score (nSPS) is 16.5. The first-order chi connectivity index (χ1) is 12.5. The number of nitrogens with two attached hydrogens (primary N) is 1. The fourth-order valence-electron chi connectivity index (χ4n) is 3.71. The lowest BCUT2D eigenvalue weighted by Crippen LogP contribution is -2.42. The molecule has 6 nitrogen and oxygen atoms in total. The maximum Gasteiger partial charge on any atom is 0.261 e. The Balaban J connectivity index is 1.50. The Morgan fingerprint density at radius 1 is 1.08 bits per heavy atom. The summed E-state index contributed by atoms with van der Waals surface area (Å²) in [5.74, 6) is -0.585. The number of hydrogen-bond donors (Lipinski definition) is 2. The zero-order chi connectivity index (χ0) is 18.4. The van der Waals surface area contributed by atoms with Crippen LogP contribution in [0.5, 0.6) is 0 Å². The second-order valence-electron chi connectivity index (χ2n) is 6.83. The Hall–Kier alpha value is -2.99. The predicted molar refractivity (Wildman–Crippen MR) is 97.0 cm³/mol. The summed E-state index contributed by atoms with van der Waals surface area (Å²) in [7, 11) is 0. The lowest BCUT2D eigenvalue weighted by molar-refractivity contribution is -0.115. The molecule has 3 amide bonds. The molecule has 0 aliphatic carbocycles. The lowest BCUT2D eigenvalue weighted by Gasteiger charge is -2.20. The maximum absolute atomic E-state index is 12.5. The van der Waals surface area contributed by atoms with Gasteiger partial charge in [-0.1, -0.05) is 18.2 Å². The highest BCUT2D eigenvalue weighted by Crippen LogP contribution is 2.29. The van der Waals surface area contributed by atoms with Crippen LogP contribution in [0.3, 0.4) is 0 Å². The number of carbonyl (C=O) groups excluding carboxylic acids is 3. The Morgan fingerprint density at radius 3 is 2.38 bits per heavy atom. The van der Waals surface area contributed by atoms with Gasteiger partial charge in [0, 0.05) is 18.3 Å². The fraction of sp³-hybridized carbons (Fsp3) is 0.250. The molecule has 1 atom stereocenters. The van der Waals surface area contributed by atoms with Crippen molar-refractivity contribution in [3.63, 3.8) is 0 Å². The van der Waals surface area contributed by atoms with Crippen molar-refractivity contribution in [2.45, 2.75) is 25.8 Å². The average Bonchev–Trinajstić information content (AvgIpc) is 3.12. The number of rotatable bonds is 4. The summed E-state index contributed by atoms with van der Waals surface area (Å²) in [6, 6.07) is 10.3. The number of hydrogen-bond acceptors (Lipinski definition) is 4. The van der Waals surface area contributed by atoms with E-state index in [1.54, 1.807) is 24.3 Å². The van der Waals surface area contributed by atoms with E-state index in [-0.39, 0.29) is 30.3 Å². The van der Waals surface area contributed by atoms with Gasteiger partial charge < -0.3 is 11.1 Å². The minimum atomic E-state index is -0.376. The summed E-state index contributed by atoms with van der Waals surface area (Å²) in [5.41, 5.74) is 11.0. The van der Waals surface area contributed by atoms with Crippen LogP contribution in [0, 0.1) is 6.92 Å². The van der Waals surface area contributed by atoms with Crippen LogP contribution in [0.25, 0.3) is 0 Å². The molecular weight excluding hydrogens is 330 g/mol. The van der Waals surface area contributed by atoms with Crippen molar-refractivity contribution in [2.24, 2.45) is 5.73 Å². The van der Waals surface area contributed by atoms with Crippen LogP contribution in [-0.4, -0.2) is 35.2 Å². The molecule has 26 heavy (non-hydrogen) atoms. The molecule has 0 aromatic heterocycles. The molecule has 2 aliphatic rings. The van der Waals surface area contributed by atoms with E-state index >= 15 is 0 Å². The first kappa shape index (κ1) is 16.5. The molecule has 2 aromatic rings. The van der Waals surface area contributed by atoms with Gasteiger partial charge in [0.2, 0.25) is 5.91 Å². The molecule has 0 unspecified atom stereocenters. The number of imide groups is 1. The van der Waals surface area contributed by atoms with Crippen LogP contribution < -0.4 is 11.1 Å². The molecule has 0 saturated carbocycles. The topological polar surface area (TPSA) is 92.5 Å². The van der Waals surface area contributed by atoms with Gasteiger partial charge in [0.15, 0.2) is 0 Å². The van der Waals surface area contributed by atoms with Crippen molar-refractivity contribution in [2.75, 3.05) is 11.9 Å². The summed E-state index contributed by atoms with van der Waals surface area (Å²) in [6.45, 7) is 2.14. The van der Waals surface area contributed by atoms with Crippen LogP contribution in [0.2, 0.25) is 0 Å². The first-order valence-corrected chi connectivity index (χ1v) is 8.57. The van der Waals surface area contributed by atoms with Crippen molar-refractivity contribution in [3.05, 3.63) is 64.2 Å². The van der Waals surface area contributed by atoms with E-state index in [1.165, 1.54) is 4.90 Å². The summed E-state index contributed by atoms with van der Waals surface area (Å²) in [6.07, 6.45) is 0.906. The molecular formula is C20H19N3O3. The van der Waals surface area contributed by atoms with Crippen molar-refractivity contribution in [1.82, 2.24) is 4.90 Å². The average molecular weight is 349 g/mol. The van der Waals surface area contributed by atoms with Gasteiger partial charge in [-0.2, -0.15) is 0 Å². The third-order valence-corrected chi connectivity index (χ3v) is 5.10. The molecule has 132 valence electrons. The van der Waals surface area contributed by atoms with E-state index < -0.39 is 0 Å². The van der Waals surface area contributed by atoms with E-state index in [1.807, 2.05) is 19.1 Å². The molecule has 6 heteroatoms. The Morgan fingerprint density at radius 2 is 1.73 bits per heavy atom. The van der Waals surface area contributed by atoms with Crippen LogP contribution in [0.15, 0.2) is 36.4 Å². The number of nitrogens with zero attached hydrogens (tertiary/aromatic N) is 1. The standard InChI is InChI=1S/C20H19N3O3/c1-11-12(6-7-17-16(11)9-18(24)22-17)8-13(21)10-23-19(25)14-4-2-3-5-15(14)20(23)26/h2-7,13H,8-10,21H2,1H3,(H,22,24)/t13-/m0/s1. The third-order valence-electron chi connectivity index (χ3n) is 5.10. The van der Waals surface area contributed by atoms with E-state index in [0.717, 1.165) is 22.4 Å². The van der Waals surface area contributed by atoms with Crippen LogP contribution in [0.4, 0.5) is 5.69 Å². The van der Waals surface area contributed by atoms with Crippen molar-refractivity contribution >= 4 is 23.4 Å². The van der Waals surface area contributed by atoms with E-state index in [0.29, 0.717) is 24.0 Å². The molecule has 4 rings (SSSR count). The Labute approximate surface area is 151 Å².